The van der Waals surface area contributed by atoms with Gasteiger partial charge in [0.2, 0.25) is 5.95 Å². The predicted molar refractivity (Wildman–Crippen MR) is 96.3 cm³/mol. The molecular weight excluding hydrogens is 317 g/mol. The van der Waals surface area contributed by atoms with Crippen LogP contribution in [0.3, 0.4) is 0 Å². The zero-order valence-electron chi connectivity index (χ0n) is 13.8. The van der Waals surface area contributed by atoms with Crippen molar-refractivity contribution in [2.45, 2.75) is 13.8 Å². The molecule has 4 aromatic rings. The predicted octanol–water partition coefficient (Wildman–Crippen LogP) is 4.52. The number of nitrogens with zero attached hydrogens (tertiary/aromatic N) is 3. The van der Waals surface area contributed by atoms with Crippen LogP contribution in [0.4, 0.5) is 15.9 Å². The summed E-state index contributed by atoms with van der Waals surface area (Å²) in [6, 6.07) is 9.16. The molecule has 0 aliphatic rings. The summed E-state index contributed by atoms with van der Waals surface area (Å²) < 4.78 is 14.7. The smallest absolute Gasteiger partial charge is 0.222 e. The summed E-state index contributed by atoms with van der Waals surface area (Å²) in [5.74, 6) is -0.0919. The SMILES string of the molecule is Cc1ccc(Nc2ccc(-c3c(C)cnc4[nH]ccc34)c(F)n2)cn1. The van der Waals surface area contributed by atoms with E-state index in [0.29, 0.717) is 11.4 Å². The zero-order valence-corrected chi connectivity index (χ0v) is 13.8. The number of aromatic amines is 1. The normalized spacial score (nSPS) is 11.0. The Kier molecular flexibility index (Phi) is 3.65. The van der Waals surface area contributed by atoms with Crippen LogP contribution in [-0.4, -0.2) is 19.9 Å². The fourth-order valence-corrected chi connectivity index (χ4v) is 2.85. The summed E-state index contributed by atoms with van der Waals surface area (Å²) in [5.41, 5.74) is 4.57. The van der Waals surface area contributed by atoms with Crippen LogP contribution in [-0.2, 0) is 0 Å². The van der Waals surface area contributed by atoms with Crippen molar-refractivity contribution in [1.82, 2.24) is 19.9 Å². The highest BCUT2D eigenvalue weighted by Gasteiger charge is 2.15. The van der Waals surface area contributed by atoms with Crippen LogP contribution in [0, 0.1) is 19.8 Å². The number of halogens is 1. The number of fused-ring (bicyclic) bond motifs is 1. The van der Waals surface area contributed by atoms with Crippen molar-refractivity contribution in [2.75, 3.05) is 5.32 Å². The van der Waals surface area contributed by atoms with E-state index in [9.17, 15) is 4.39 Å². The standard InChI is InChI=1S/C19H16FN5/c1-11-9-23-19-15(7-8-21-19)17(11)14-5-6-16(25-18(14)20)24-13-4-3-12(2)22-10-13/h3-10H,1-2H3,(H,21,23)(H,24,25). The molecule has 4 aromatic heterocycles. The average molecular weight is 333 g/mol. The van der Waals surface area contributed by atoms with Gasteiger partial charge in [-0.15, -0.1) is 0 Å². The minimum atomic E-state index is -0.526. The van der Waals surface area contributed by atoms with E-state index in [1.54, 1.807) is 30.7 Å². The minimum Gasteiger partial charge on any atom is -0.346 e. The Morgan fingerprint density at radius 3 is 2.64 bits per heavy atom. The Hall–Kier alpha value is -3.28. The van der Waals surface area contributed by atoms with Crippen LogP contribution >= 0.6 is 0 Å². The number of H-pyrrole nitrogens is 1. The summed E-state index contributed by atoms with van der Waals surface area (Å²) in [6.45, 7) is 3.83. The molecule has 0 saturated heterocycles. The van der Waals surface area contributed by atoms with Crippen LogP contribution in [0.15, 0.2) is 48.9 Å². The van der Waals surface area contributed by atoms with E-state index in [2.05, 4.69) is 25.3 Å². The Morgan fingerprint density at radius 1 is 1.00 bits per heavy atom. The lowest BCUT2D eigenvalue weighted by molar-refractivity contribution is 0.589. The molecule has 0 aliphatic carbocycles. The number of hydrogen-bond donors (Lipinski definition) is 2. The molecule has 0 unspecified atom stereocenters. The van der Waals surface area contributed by atoms with Crippen molar-refractivity contribution in [1.29, 1.82) is 0 Å². The van der Waals surface area contributed by atoms with E-state index in [1.165, 1.54) is 0 Å². The van der Waals surface area contributed by atoms with Crippen molar-refractivity contribution in [3.8, 4) is 11.1 Å². The molecule has 4 rings (SSSR count). The Balaban J connectivity index is 1.73. The van der Waals surface area contributed by atoms with Gasteiger partial charge in [-0.1, -0.05) is 0 Å². The Bertz CT molecular complexity index is 1050. The van der Waals surface area contributed by atoms with Gasteiger partial charge in [0.25, 0.3) is 0 Å². The van der Waals surface area contributed by atoms with Gasteiger partial charge in [-0.2, -0.15) is 4.39 Å². The van der Waals surface area contributed by atoms with Crippen molar-refractivity contribution < 1.29 is 4.39 Å². The summed E-state index contributed by atoms with van der Waals surface area (Å²) in [7, 11) is 0. The first-order chi connectivity index (χ1) is 12.1. The third-order valence-corrected chi connectivity index (χ3v) is 4.08. The molecule has 0 saturated carbocycles. The number of hydrogen-bond acceptors (Lipinski definition) is 4. The van der Waals surface area contributed by atoms with E-state index < -0.39 is 5.95 Å². The van der Waals surface area contributed by atoms with Gasteiger partial charge in [-0.05, 0) is 49.7 Å². The maximum Gasteiger partial charge on any atom is 0.222 e. The largest absolute Gasteiger partial charge is 0.346 e. The molecule has 0 aliphatic heterocycles. The van der Waals surface area contributed by atoms with Gasteiger partial charge in [0.15, 0.2) is 0 Å². The molecule has 0 radical (unpaired) electrons. The van der Waals surface area contributed by atoms with E-state index in [4.69, 9.17) is 0 Å². The van der Waals surface area contributed by atoms with Crippen LogP contribution < -0.4 is 5.32 Å². The van der Waals surface area contributed by atoms with E-state index in [0.717, 1.165) is 33.5 Å². The van der Waals surface area contributed by atoms with Gasteiger partial charge in [-0.3, -0.25) is 4.98 Å². The number of aromatic nitrogens is 4. The second-order valence-corrected chi connectivity index (χ2v) is 5.90. The van der Waals surface area contributed by atoms with Gasteiger partial charge >= 0.3 is 0 Å². The third-order valence-electron chi connectivity index (χ3n) is 4.08. The van der Waals surface area contributed by atoms with Gasteiger partial charge in [0.1, 0.15) is 11.5 Å². The van der Waals surface area contributed by atoms with Crippen molar-refractivity contribution in [3.05, 3.63) is 66.1 Å². The molecule has 5 nitrogen and oxygen atoms in total. The van der Waals surface area contributed by atoms with Crippen molar-refractivity contribution in [3.63, 3.8) is 0 Å². The molecule has 4 heterocycles. The number of anilines is 2. The van der Waals surface area contributed by atoms with E-state index in [1.807, 2.05) is 32.0 Å². The molecule has 0 aromatic carbocycles. The lowest BCUT2D eigenvalue weighted by Crippen LogP contribution is -1.99. The molecule has 0 amide bonds. The van der Waals surface area contributed by atoms with Crippen molar-refractivity contribution in [2.24, 2.45) is 0 Å². The molecule has 0 bridgehead atoms. The van der Waals surface area contributed by atoms with Gasteiger partial charge in [-0.25, -0.2) is 9.97 Å². The molecule has 0 atom stereocenters. The summed E-state index contributed by atoms with van der Waals surface area (Å²) in [6.07, 6.45) is 5.23. The number of nitrogens with one attached hydrogen (secondary N) is 2. The number of rotatable bonds is 3. The fourth-order valence-electron chi connectivity index (χ4n) is 2.85. The van der Waals surface area contributed by atoms with Crippen molar-refractivity contribution >= 4 is 22.5 Å². The van der Waals surface area contributed by atoms with Crippen LogP contribution in [0.25, 0.3) is 22.2 Å². The number of aryl methyl sites for hydroxylation is 2. The van der Waals surface area contributed by atoms with Gasteiger partial charge < -0.3 is 10.3 Å². The maximum absolute atomic E-state index is 14.7. The minimum absolute atomic E-state index is 0.434. The first kappa shape index (κ1) is 15.3. The molecular formula is C19H16FN5. The van der Waals surface area contributed by atoms with Crippen LogP contribution in [0.1, 0.15) is 11.3 Å². The molecule has 6 heteroatoms. The Labute approximate surface area is 144 Å². The zero-order chi connectivity index (χ0) is 17.4. The Morgan fingerprint density at radius 2 is 1.88 bits per heavy atom. The maximum atomic E-state index is 14.7. The lowest BCUT2D eigenvalue weighted by Gasteiger charge is -2.11. The summed E-state index contributed by atoms with van der Waals surface area (Å²) >= 11 is 0. The molecule has 0 spiro atoms. The molecule has 0 fully saturated rings. The third kappa shape index (κ3) is 2.82. The second kappa shape index (κ2) is 5.98. The molecule has 2 N–H and O–H groups in total. The van der Waals surface area contributed by atoms with E-state index >= 15 is 0 Å². The van der Waals surface area contributed by atoms with Crippen LogP contribution in [0.5, 0.6) is 0 Å². The topological polar surface area (TPSA) is 66.5 Å². The highest BCUT2D eigenvalue weighted by molar-refractivity contribution is 5.94. The fraction of sp³-hybridized carbons (Fsp3) is 0.105. The number of pyridine rings is 3. The van der Waals surface area contributed by atoms with Gasteiger partial charge in [0, 0.05) is 34.6 Å². The average Bonchev–Trinajstić information content (AvgIpc) is 3.07. The lowest BCUT2D eigenvalue weighted by atomic mass is 10.0. The monoisotopic (exact) mass is 333 g/mol. The highest BCUT2D eigenvalue weighted by Crippen LogP contribution is 2.32. The molecule has 25 heavy (non-hydrogen) atoms. The first-order valence-electron chi connectivity index (χ1n) is 7.91. The quantitative estimate of drug-likeness (QED) is 0.541. The van der Waals surface area contributed by atoms with E-state index in [-0.39, 0.29) is 0 Å². The van der Waals surface area contributed by atoms with Crippen LogP contribution in [0.2, 0.25) is 0 Å². The van der Waals surface area contributed by atoms with Gasteiger partial charge in [0.05, 0.1) is 11.9 Å². The summed E-state index contributed by atoms with van der Waals surface area (Å²) in [5, 5.41) is 3.94. The highest BCUT2D eigenvalue weighted by atomic mass is 19.1. The second-order valence-electron chi connectivity index (χ2n) is 5.90. The summed E-state index contributed by atoms with van der Waals surface area (Å²) in [4.78, 5) is 15.6. The molecule has 124 valence electrons. The first-order valence-corrected chi connectivity index (χ1v) is 7.91.